The second-order valence-electron chi connectivity index (χ2n) is 8.62. The number of aryl methyl sites for hydroxylation is 1. The topological polar surface area (TPSA) is 75.0 Å². The maximum absolute atomic E-state index is 13.3. The number of fused-ring (bicyclic) bond motifs is 4. The Hall–Kier alpha value is -3.52. The van der Waals surface area contributed by atoms with Gasteiger partial charge in [-0.1, -0.05) is 12.1 Å². The molecular weight excluding hydrogens is 434 g/mol. The van der Waals surface area contributed by atoms with Crippen molar-refractivity contribution in [3.8, 4) is 28.5 Å². The van der Waals surface area contributed by atoms with Gasteiger partial charge >= 0.3 is 0 Å². The molecule has 1 spiro atoms. The average Bonchev–Trinajstić information content (AvgIpc) is 3.27. The van der Waals surface area contributed by atoms with E-state index in [4.69, 9.17) is 18.9 Å². The highest BCUT2D eigenvalue weighted by atomic mass is 16.5. The number of rotatable bonds is 6. The Balaban J connectivity index is 1.33. The maximum Gasteiger partial charge on any atom is 0.253 e. The summed E-state index contributed by atoms with van der Waals surface area (Å²) in [5, 5.41) is 4.52. The van der Waals surface area contributed by atoms with Crippen molar-refractivity contribution < 1.29 is 23.7 Å². The molecule has 1 saturated heterocycles. The molecule has 2 aromatic carbocycles. The predicted octanol–water partition coefficient (Wildman–Crippen LogP) is 3.64. The van der Waals surface area contributed by atoms with E-state index in [9.17, 15) is 4.79 Å². The maximum atomic E-state index is 13.3. The van der Waals surface area contributed by atoms with Crippen LogP contribution in [0.2, 0.25) is 0 Å². The van der Waals surface area contributed by atoms with Crippen molar-refractivity contribution >= 4 is 5.91 Å². The fraction of sp³-hybridized carbons (Fsp3) is 0.385. The van der Waals surface area contributed by atoms with Crippen LogP contribution in [0.5, 0.6) is 17.2 Å². The summed E-state index contributed by atoms with van der Waals surface area (Å²) in [5.41, 5.74) is 3.34. The van der Waals surface area contributed by atoms with Gasteiger partial charge in [-0.3, -0.25) is 9.48 Å². The number of hydrogen-bond acceptors (Lipinski definition) is 6. The third kappa shape index (κ3) is 3.77. The Morgan fingerprint density at radius 1 is 1.09 bits per heavy atom. The Bertz CT molecular complexity index is 1200. The molecule has 178 valence electrons. The molecule has 8 nitrogen and oxygen atoms in total. The first-order valence-electron chi connectivity index (χ1n) is 11.5. The number of piperidine rings is 1. The van der Waals surface area contributed by atoms with Crippen molar-refractivity contribution in [1.29, 1.82) is 0 Å². The molecule has 0 aliphatic carbocycles. The summed E-state index contributed by atoms with van der Waals surface area (Å²) >= 11 is 0. The quantitative estimate of drug-likeness (QED) is 0.520. The third-order valence-electron chi connectivity index (χ3n) is 6.69. The summed E-state index contributed by atoms with van der Waals surface area (Å²) in [6, 6.07) is 13.4. The van der Waals surface area contributed by atoms with Crippen molar-refractivity contribution in [3.63, 3.8) is 0 Å². The molecule has 5 rings (SSSR count). The highest BCUT2D eigenvalue weighted by Crippen LogP contribution is 2.49. The molecule has 0 N–H and O–H groups in total. The van der Waals surface area contributed by atoms with Gasteiger partial charge in [-0.2, -0.15) is 5.10 Å². The molecule has 0 atom stereocenters. The van der Waals surface area contributed by atoms with E-state index >= 15 is 0 Å². The zero-order chi connectivity index (χ0) is 23.7. The van der Waals surface area contributed by atoms with Crippen molar-refractivity contribution in [3.05, 3.63) is 59.8 Å². The first-order valence-corrected chi connectivity index (χ1v) is 11.5. The molecule has 3 heterocycles. The molecule has 1 fully saturated rings. The minimum Gasteiger partial charge on any atom is -0.493 e. The first kappa shape index (κ1) is 22.3. The molecule has 8 heteroatoms. The van der Waals surface area contributed by atoms with E-state index < -0.39 is 5.60 Å². The second-order valence-corrected chi connectivity index (χ2v) is 8.62. The van der Waals surface area contributed by atoms with Gasteiger partial charge in [-0.15, -0.1) is 0 Å². The lowest BCUT2D eigenvalue weighted by Crippen LogP contribution is -2.49. The van der Waals surface area contributed by atoms with Crippen molar-refractivity contribution in [2.24, 2.45) is 7.05 Å². The van der Waals surface area contributed by atoms with Crippen molar-refractivity contribution in [2.45, 2.75) is 18.4 Å². The molecule has 0 saturated carbocycles. The van der Waals surface area contributed by atoms with Crippen LogP contribution in [0, 0.1) is 0 Å². The Morgan fingerprint density at radius 2 is 1.88 bits per heavy atom. The lowest BCUT2D eigenvalue weighted by molar-refractivity contribution is -0.00173. The lowest BCUT2D eigenvalue weighted by atomic mass is 9.81. The van der Waals surface area contributed by atoms with Gasteiger partial charge in [-0.25, -0.2) is 0 Å². The van der Waals surface area contributed by atoms with Crippen LogP contribution in [-0.2, 0) is 17.4 Å². The van der Waals surface area contributed by atoms with Gasteiger partial charge in [0, 0.05) is 56.8 Å². The van der Waals surface area contributed by atoms with E-state index in [2.05, 4.69) is 11.2 Å². The van der Waals surface area contributed by atoms with Crippen LogP contribution in [0.1, 0.15) is 28.8 Å². The lowest BCUT2D eigenvalue weighted by Gasteiger charge is -2.44. The Morgan fingerprint density at radius 3 is 2.65 bits per heavy atom. The molecule has 3 aromatic rings. The number of ether oxygens (including phenoxy) is 4. The van der Waals surface area contributed by atoms with Crippen LogP contribution >= 0.6 is 0 Å². The summed E-state index contributed by atoms with van der Waals surface area (Å²) in [4.78, 5) is 15.2. The number of likely N-dealkylation sites (tertiary alicyclic amines) is 1. The number of benzene rings is 2. The number of carbonyl (C=O) groups excluding carboxylic acids is 1. The van der Waals surface area contributed by atoms with E-state index in [0.717, 1.165) is 22.6 Å². The Kier molecular flexibility index (Phi) is 5.91. The van der Waals surface area contributed by atoms with Crippen LogP contribution in [0.25, 0.3) is 11.3 Å². The van der Waals surface area contributed by atoms with E-state index in [1.54, 1.807) is 32.4 Å². The molecule has 1 amide bonds. The molecular formula is C26H29N3O5. The number of aromatic nitrogens is 2. The SMILES string of the molecule is COCCOc1ccc(C(=O)N2CCC3(CC2)Oc2ccccc2-c2c3cnn2C)cc1OC. The van der Waals surface area contributed by atoms with Crippen LogP contribution in [-0.4, -0.2) is 61.1 Å². The highest BCUT2D eigenvalue weighted by molar-refractivity contribution is 5.95. The third-order valence-corrected chi connectivity index (χ3v) is 6.69. The second kappa shape index (κ2) is 9.02. The fourth-order valence-electron chi connectivity index (χ4n) is 4.89. The van der Waals surface area contributed by atoms with Crippen molar-refractivity contribution in [2.75, 3.05) is 40.5 Å². The smallest absolute Gasteiger partial charge is 0.253 e. The molecule has 1 aromatic heterocycles. The van der Waals surface area contributed by atoms with Gasteiger partial charge in [-0.05, 0) is 30.3 Å². The highest BCUT2D eigenvalue weighted by Gasteiger charge is 2.45. The number of nitrogens with zero attached hydrogens (tertiary/aromatic N) is 3. The number of carbonyl (C=O) groups is 1. The van der Waals surface area contributed by atoms with Gasteiger partial charge < -0.3 is 23.8 Å². The van der Waals surface area contributed by atoms with E-state index in [-0.39, 0.29) is 5.91 Å². The van der Waals surface area contributed by atoms with Crippen LogP contribution in [0.15, 0.2) is 48.7 Å². The van der Waals surface area contributed by atoms with Crippen LogP contribution in [0.4, 0.5) is 0 Å². The summed E-state index contributed by atoms with van der Waals surface area (Å²) in [5.74, 6) is 1.96. The predicted molar refractivity (Wildman–Crippen MR) is 126 cm³/mol. The van der Waals surface area contributed by atoms with Gasteiger partial charge in [0.2, 0.25) is 0 Å². The standard InChI is InChI=1S/C26H29N3O5/c1-28-24-19-6-4-5-7-21(19)34-26(20(24)17-27-28)10-12-29(13-11-26)25(30)18-8-9-22(23(16-18)32-3)33-15-14-31-2/h4-9,16-17H,10-15H2,1-3H3. The van der Waals surface area contributed by atoms with E-state index in [1.165, 1.54) is 0 Å². The number of methoxy groups -OCH3 is 2. The summed E-state index contributed by atoms with van der Waals surface area (Å²) in [6.45, 7) is 2.06. The fourth-order valence-corrected chi connectivity index (χ4v) is 4.89. The largest absolute Gasteiger partial charge is 0.493 e. The molecule has 0 radical (unpaired) electrons. The number of hydrogen-bond donors (Lipinski definition) is 0. The molecule has 0 unspecified atom stereocenters. The Labute approximate surface area is 199 Å². The normalized spacial score (nSPS) is 15.9. The molecule has 2 aliphatic heterocycles. The molecule has 2 aliphatic rings. The monoisotopic (exact) mass is 463 g/mol. The zero-order valence-corrected chi connectivity index (χ0v) is 19.7. The van der Waals surface area contributed by atoms with Crippen LogP contribution in [0.3, 0.4) is 0 Å². The average molecular weight is 464 g/mol. The first-order chi connectivity index (χ1) is 16.6. The number of amides is 1. The van der Waals surface area contributed by atoms with Gasteiger partial charge in [0.25, 0.3) is 5.91 Å². The van der Waals surface area contributed by atoms with E-state index in [0.29, 0.717) is 56.2 Å². The minimum atomic E-state index is -0.481. The summed E-state index contributed by atoms with van der Waals surface area (Å²) < 4.78 is 24.7. The van der Waals surface area contributed by atoms with Crippen LogP contribution < -0.4 is 14.2 Å². The van der Waals surface area contributed by atoms with E-state index in [1.807, 2.05) is 41.0 Å². The molecule has 0 bridgehead atoms. The van der Waals surface area contributed by atoms with Crippen molar-refractivity contribution in [1.82, 2.24) is 14.7 Å². The number of para-hydroxylation sites is 1. The molecule has 34 heavy (non-hydrogen) atoms. The summed E-state index contributed by atoms with van der Waals surface area (Å²) in [7, 11) is 5.15. The zero-order valence-electron chi connectivity index (χ0n) is 19.7. The van der Waals surface area contributed by atoms with Gasteiger partial charge in [0.05, 0.1) is 25.6 Å². The summed E-state index contributed by atoms with van der Waals surface area (Å²) in [6.07, 6.45) is 3.30. The van der Waals surface area contributed by atoms with Gasteiger partial charge in [0.15, 0.2) is 11.5 Å². The minimum absolute atomic E-state index is 0.0285. The van der Waals surface area contributed by atoms with Gasteiger partial charge in [0.1, 0.15) is 18.0 Å².